The van der Waals surface area contributed by atoms with Crippen molar-refractivity contribution in [1.29, 1.82) is 0 Å². The molecule has 0 saturated heterocycles. The summed E-state index contributed by atoms with van der Waals surface area (Å²) in [6.45, 7) is 2.87. The minimum Gasteiger partial charge on any atom is -0.383 e. The summed E-state index contributed by atoms with van der Waals surface area (Å²) < 4.78 is 4.90. The molecule has 0 saturated carbocycles. The maximum atomic E-state index is 12.1. The maximum Gasteiger partial charge on any atom is 0.270 e. The fourth-order valence-corrected chi connectivity index (χ4v) is 1.86. The van der Waals surface area contributed by atoms with Crippen LogP contribution in [-0.2, 0) is 4.74 Å². The Morgan fingerprint density at radius 1 is 1.39 bits per heavy atom. The molecule has 0 bridgehead atoms. The monoisotopic (exact) mass is 244 g/mol. The molecule has 0 fully saturated rings. The van der Waals surface area contributed by atoms with Crippen molar-refractivity contribution < 1.29 is 9.53 Å². The average Bonchev–Trinajstić information content (AvgIpc) is 2.38. The van der Waals surface area contributed by atoms with E-state index in [1.54, 1.807) is 7.11 Å². The van der Waals surface area contributed by atoms with Gasteiger partial charge in [-0.3, -0.25) is 4.79 Å². The number of hydrogen-bond donors (Lipinski definition) is 1. The van der Waals surface area contributed by atoms with Gasteiger partial charge in [0.1, 0.15) is 5.69 Å². The number of nitrogens with one attached hydrogen (secondary N) is 1. The van der Waals surface area contributed by atoms with Crippen molar-refractivity contribution in [3.8, 4) is 0 Å². The van der Waals surface area contributed by atoms with E-state index in [9.17, 15) is 4.79 Å². The first-order chi connectivity index (χ1) is 8.72. The first kappa shape index (κ1) is 12.5. The highest BCUT2D eigenvalue weighted by molar-refractivity contribution is 6.05. The lowest BCUT2D eigenvalue weighted by molar-refractivity contribution is 0.0934. The van der Waals surface area contributed by atoms with Gasteiger partial charge in [-0.2, -0.15) is 0 Å². The van der Waals surface area contributed by atoms with Crippen LogP contribution in [0.2, 0.25) is 0 Å². The van der Waals surface area contributed by atoms with Gasteiger partial charge in [0.2, 0.25) is 0 Å². The molecule has 18 heavy (non-hydrogen) atoms. The highest BCUT2D eigenvalue weighted by Crippen LogP contribution is 2.18. The van der Waals surface area contributed by atoms with E-state index in [-0.39, 0.29) is 5.91 Å². The van der Waals surface area contributed by atoms with Crippen LogP contribution < -0.4 is 5.32 Å². The van der Waals surface area contributed by atoms with Crippen molar-refractivity contribution in [3.63, 3.8) is 0 Å². The number of ether oxygens (including phenoxy) is 1. The van der Waals surface area contributed by atoms with Crippen LogP contribution in [0.1, 0.15) is 16.2 Å². The van der Waals surface area contributed by atoms with Crippen LogP contribution in [0, 0.1) is 6.92 Å². The zero-order valence-corrected chi connectivity index (χ0v) is 10.6. The molecule has 4 heteroatoms. The Bertz CT molecular complexity index is 567. The molecule has 4 nitrogen and oxygen atoms in total. The summed E-state index contributed by atoms with van der Waals surface area (Å²) in [7, 11) is 1.60. The zero-order chi connectivity index (χ0) is 13.0. The number of aromatic nitrogens is 1. The predicted octanol–water partition coefficient (Wildman–Crippen LogP) is 1.92. The largest absolute Gasteiger partial charge is 0.383 e. The van der Waals surface area contributed by atoms with Crippen LogP contribution in [0.3, 0.4) is 0 Å². The number of aryl methyl sites for hydroxylation is 1. The first-order valence-corrected chi connectivity index (χ1v) is 5.86. The van der Waals surface area contributed by atoms with Gasteiger partial charge in [-0.25, -0.2) is 4.98 Å². The second-order valence-corrected chi connectivity index (χ2v) is 4.08. The number of rotatable bonds is 4. The molecule has 1 heterocycles. The Kier molecular flexibility index (Phi) is 3.89. The third-order valence-corrected chi connectivity index (χ3v) is 2.68. The summed E-state index contributed by atoms with van der Waals surface area (Å²) in [6, 6.07) is 9.73. The number of methoxy groups -OCH3 is 1. The van der Waals surface area contributed by atoms with Gasteiger partial charge in [-0.05, 0) is 18.4 Å². The molecular formula is C14H16N2O2. The molecule has 0 aliphatic carbocycles. The summed E-state index contributed by atoms with van der Waals surface area (Å²) in [5.74, 6) is -0.160. The minimum atomic E-state index is -0.160. The van der Waals surface area contributed by atoms with Crippen molar-refractivity contribution in [2.45, 2.75) is 6.92 Å². The Morgan fingerprint density at radius 3 is 2.94 bits per heavy atom. The van der Waals surface area contributed by atoms with E-state index in [4.69, 9.17) is 4.74 Å². The van der Waals surface area contributed by atoms with Crippen LogP contribution in [0.4, 0.5) is 0 Å². The molecular weight excluding hydrogens is 228 g/mol. The van der Waals surface area contributed by atoms with Crippen LogP contribution >= 0.6 is 0 Å². The number of carbonyl (C=O) groups is 1. The molecule has 0 aliphatic heterocycles. The van der Waals surface area contributed by atoms with Crippen LogP contribution in [-0.4, -0.2) is 31.2 Å². The van der Waals surface area contributed by atoms with E-state index < -0.39 is 0 Å². The lowest BCUT2D eigenvalue weighted by Crippen LogP contribution is -2.28. The lowest BCUT2D eigenvalue weighted by Gasteiger charge is -2.08. The average molecular weight is 244 g/mol. The predicted molar refractivity (Wildman–Crippen MR) is 70.7 cm³/mol. The third kappa shape index (κ3) is 2.65. The number of carbonyl (C=O) groups excluding carboxylic acids is 1. The number of fused-ring (bicyclic) bond motifs is 1. The summed E-state index contributed by atoms with van der Waals surface area (Å²) in [4.78, 5) is 16.4. The topological polar surface area (TPSA) is 51.2 Å². The van der Waals surface area contributed by atoms with E-state index in [0.29, 0.717) is 18.8 Å². The molecule has 0 unspecified atom stereocenters. The van der Waals surface area contributed by atoms with Gasteiger partial charge in [0.05, 0.1) is 6.61 Å². The Balaban J connectivity index is 2.34. The third-order valence-electron chi connectivity index (χ3n) is 2.68. The molecule has 0 aliphatic rings. The van der Waals surface area contributed by atoms with Crippen LogP contribution in [0.5, 0.6) is 0 Å². The van der Waals surface area contributed by atoms with Gasteiger partial charge in [0, 0.05) is 24.7 Å². The Labute approximate surface area is 106 Å². The van der Waals surface area contributed by atoms with Gasteiger partial charge in [0.15, 0.2) is 0 Å². The summed E-state index contributed by atoms with van der Waals surface area (Å²) in [5.41, 5.74) is 1.31. The molecule has 1 amide bonds. The van der Waals surface area contributed by atoms with Crippen LogP contribution in [0.25, 0.3) is 10.8 Å². The van der Waals surface area contributed by atoms with E-state index in [1.165, 1.54) is 0 Å². The van der Waals surface area contributed by atoms with Gasteiger partial charge in [-0.1, -0.05) is 24.3 Å². The summed E-state index contributed by atoms with van der Waals surface area (Å²) in [6.07, 6.45) is 0. The number of nitrogens with zero attached hydrogens (tertiary/aromatic N) is 1. The van der Waals surface area contributed by atoms with E-state index in [2.05, 4.69) is 10.3 Å². The number of hydrogen-bond acceptors (Lipinski definition) is 3. The molecule has 1 aromatic carbocycles. The van der Waals surface area contributed by atoms with Gasteiger partial charge in [0.25, 0.3) is 5.91 Å². The zero-order valence-electron chi connectivity index (χ0n) is 10.6. The van der Waals surface area contributed by atoms with Gasteiger partial charge < -0.3 is 10.1 Å². The SMILES string of the molecule is COCCNC(=O)c1nc(C)cc2ccccc12. The summed E-state index contributed by atoms with van der Waals surface area (Å²) >= 11 is 0. The Morgan fingerprint density at radius 2 is 2.17 bits per heavy atom. The van der Waals surface area contributed by atoms with E-state index in [1.807, 2.05) is 37.3 Å². The summed E-state index contributed by atoms with van der Waals surface area (Å²) in [5, 5.41) is 4.70. The molecule has 2 aromatic rings. The fraction of sp³-hybridized carbons (Fsp3) is 0.286. The maximum absolute atomic E-state index is 12.1. The normalized spacial score (nSPS) is 10.6. The second-order valence-electron chi connectivity index (χ2n) is 4.08. The van der Waals surface area contributed by atoms with Crippen LogP contribution in [0.15, 0.2) is 30.3 Å². The smallest absolute Gasteiger partial charge is 0.270 e. The molecule has 0 atom stereocenters. The van der Waals surface area contributed by atoms with Crippen molar-refractivity contribution >= 4 is 16.7 Å². The van der Waals surface area contributed by atoms with Crippen molar-refractivity contribution in [1.82, 2.24) is 10.3 Å². The Hall–Kier alpha value is -1.94. The van der Waals surface area contributed by atoms with Crippen molar-refractivity contribution in [3.05, 3.63) is 41.7 Å². The molecule has 1 N–H and O–H groups in total. The van der Waals surface area contributed by atoms with Crippen molar-refractivity contribution in [2.24, 2.45) is 0 Å². The standard InChI is InChI=1S/C14H16N2O2/c1-10-9-11-5-3-4-6-12(11)13(16-10)14(17)15-7-8-18-2/h3-6,9H,7-8H2,1-2H3,(H,15,17). The van der Waals surface area contributed by atoms with Crippen molar-refractivity contribution in [2.75, 3.05) is 20.3 Å². The lowest BCUT2D eigenvalue weighted by atomic mass is 10.1. The molecule has 2 rings (SSSR count). The molecule has 1 aromatic heterocycles. The highest BCUT2D eigenvalue weighted by Gasteiger charge is 2.11. The first-order valence-electron chi connectivity index (χ1n) is 5.86. The van der Waals surface area contributed by atoms with E-state index >= 15 is 0 Å². The number of amides is 1. The second kappa shape index (κ2) is 5.60. The molecule has 94 valence electrons. The minimum absolute atomic E-state index is 0.160. The molecule has 0 spiro atoms. The van der Waals surface area contributed by atoms with E-state index in [0.717, 1.165) is 16.5 Å². The van der Waals surface area contributed by atoms with Gasteiger partial charge >= 0.3 is 0 Å². The molecule has 0 radical (unpaired) electrons. The number of benzene rings is 1. The number of pyridine rings is 1. The fourth-order valence-electron chi connectivity index (χ4n) is 1.86. The highest BCUT2D eigenvalue weighted by atomic mass is 16.5. The quantitative estimate of drug-likeness (QED) is 0.836. The van der Waals surface area contributed by atoms with Gasteiger partial charge in [-0.15, -0.1) is 0 Å².